The quantitative estimate of drug-likeness (QED) is 0.457. The molecule has 0 aliphatic rings. The zero-order valence-corrected chi connectivity index (χ0v) is 18.0. The molecule has 0 bridgehead atoms. The lowest BCUT2D eigenvalue weighted by atomic mass is 10.0. The maximum absolute atomic E-state index is 12.9. The zero-order valence-electron chi connectivity index (χ0n) is 15.6. The summed E-state index contributed by atoms with van der Waals surface area (Å²) in [6.45, 7) is 1.94. The second-order valence-electron chi connectivity index (χ2n) is 5.88. The zero-order chi connectivity index (χ0) is 21.0. The van der Waals surface area contributed by atoms with E-state index >= 15 is 0 Å². The number of nitrogens with one attached hydrogen (secondary N) is 1. The van der Waals surface area contributed by atoms with Crippen molar-refractivity contribution in [1.82, 2.24) is 0 Å². The van der Waals surface area contributed by atoms with Crippen molar-refractivity contribution >= 4 is 51.4 Å². The van der Waals surface area contributed by atoms with Crippen molar-refractivity contribution in [2.24, 2.45) is 0 Å². The Hall–Kier alpha value is -2.54. The molecule has 1 aromatic heterocycles. The third-order valence-corrected chi connectivity index (χ3v) is 5.44. The number of benzene rings is 2. The number of carbonyl (C=O) groups is 2. The lowest BCUT2D eigenvalue weighted by molar-refractivity contribution is 0.0529. The van der Waals surface area contributed by atoms with Gasteiger partial charge in [0.25, 0.3) is 5.91 Å². The number of methoxy groups -OCH3 is 1. The molecule has 3 rings (SSSR count). The van der Waals surface area contributed by atoms with Crippen LogP contribution in [0.3, 0.4) is 0 Å². The maximum atomic E-state index is 12.9. The molecule has 8 heteroatoms. The molecule has 29 heavy (non-hydrogen) atoms. The first kappa shape index (κ1) is 21.2. The van der Waals surface area contributed by atoms with Gasteiger partial charge in [0.1, 0.15) is 16.3 Å². The number of carbonyl (C=O) groups excluding carboxylic acids is 2. The number of esters is 1. The van der Waals surface area contributed by atoms with E-state index in [-0.39, 0.29) is 17.7 Å². The summed E-state index contributed by atoms with van der Waals surface area (Å²) in [5, 5.41) is 5.94. The van der Waals surface area contributed by atoms with E-state index in [9.17, 15) is 9.59 Å². The minimum Gasteiger partial charge on any atom is -0.496 e. The minimum atomic E-state index is -0.521. The van der Waals surface area contributed by atoms with Crippen molar-refractivity contribution in [1.29, 1.82) is 0 Å². The van der Waals surface area contributed by atoms with Crippen LogP contribution in [0.2, 0.25) is 10.0 Å². The van der Waals surface area contributed by atoms with Crippen molar-refractivity contribution in [2.75, 3.05) is 19.0 Å². The Labute approximate surface area is 182 Å². The molecule has 5 nitrogen and oxygen atoms in total. The smallest absolute Gasteiger partial charge is 0.341 e. The van der Waals surface area contributed by atoms with Crippen molar-refractivity contribution in [2.45, 2.75) is 6.92 Å². The van der Waals surface area contributed by atoms with Crippen LogP contribution in [0.15, 0.2) is 47.8 Å². The number of anilines is 1. The second kappa shape index (κ2) is 9.31. The first-order valence-corrected chi connectivity index (χ1v) is 10.3. The molecule has 0 spiro atoms. The molecule has 0 unspecified atom stereocenters. The predicted octanol–water partition coefficient (Wildman–Crippen LogP) is 6.16. The van der Waals surface area contributed by atoms with Crippen molar-refractivity contribution in [3.05, 3.63) is 69.0 Å². The van der Waals surface area contributed by atoms with E-state index in [1.54, 1.807) is 48.7 Å². The van der Waals surface area contributed by atoms with Crippen LogP contribution < -0.4 is 10.1 Å². The van der Waals surface area contributed by atoms with Gasteiger partial charge in [0.15, 0.2) is 0 Å². The number of halogens is 2. The molecule has 1 heterocycles. The fourth-order valence-corrected chi connectivity index (χ4v) is 3.98. The number of hydrogen-bond acceptors (Lipinski definition) is 5. The summed E-state index contributed by atoms with van der Waals surface area (Å²) in [6, 6.07) is 11.8. The van der Waals surface area contributed by atoms with Crippen LogP contribution in [-0.4, -0.2) is 25.6 Å². The van der Waals surface area contributed by atoms with Crippen LogP contribution in [0.5, 0.6) is 5.75 Å². The van der Waals surface area contributed by atoms with Crippen molar-refractivity contribution < 1.29 is 19.1 Å². The highest BCUT2D eigenvalue weighted by molar-refractivity contribution is 7.15. The molecule has 150 valence electrons. The minimum absolute atomic E-state index is 0.213. The molecular weight excluding hydrogens is 433 g/mol. The van der Waals surface area contributed by atoms with Crippen molar-refractivity contribution in [3.8, 4) is 16.9 Å². The summed E-state index contributed by atoms with van der Waals surface area (Å²) in [4.78, 5) is 25.5. The highest BCUT2D eigenvalue weighted by atomic mass is 35.5. The van der Waals surface area contributed by atoms with Gasteiger partial charge in [-0.2, -0.15) is 0 Å². The SMILES string of the molecule is CCOC(=O)c1c(-c2ccc(Cl)cc2)csc1NC(=O)c1cc(Cl)ccc1OC. The summed E-state index contributed by atoms with van der Waals surface area (Å²) in [5.41, 5.74) is 1.98. The van der Waals surface area contributed by atoms with E-state index in [2.05, 4.69) is 5.32 Å². The van der Waals surface area contributed by atoms with Gasteiger partial charge >= 0.3 is 5.97 Å². The molecule has 0 atom stereocenters. The normalized spacial score (nSPS) is 10.5. The highest BCUT2D eigenvalue weighted by Gasteiger charge is 2.24. The first-order valence-electron chi connectivity index (χ1n) is 8.64. The van der Waals surface area contributed by atoms with Crippen LogP contribution in [0.25, 0.3) is 11.1 Å². The molecule has 3 aromatic rings. The number of amides is 1. The highest BCUT2D eigenvalue weighted by Crippen LogP contribution is 2.37. The number of ether oxygens (including phenoxy) is 2. The average Bonchev–Trinajstić information content (AvgIpc) is 3.12. The van der Waals surface area contributed by atoms with Gasteiger partial charge in [0.05, 0.1) is 19.3 Å². The van der Waals surface area contributed by atoms with Gasteiger partial charge in [0.2, 0.25) is 0 Å². The molecular formula is C21H17Cl2NO4S. The monoisotopic (exact) mass is 449 g/mol. The molecule has 1 amide bonds. The van der Waals surface area contributed by atoms with E-state index < -0.39 is 11.9 Å². The fraction of sp³-hybridized carbons (Fsp3) is 0.143. The van der Waals surface area contributed by atoms with Crippen LogP contribution in [0.4, 0.5) is 5.00 Å². The van der Waals surface area contributed by atoms with E-state index in [4.69, 9.17) is 32.7 Å². The van der Waals surface area contributed by atoms with Crippen LogP contribution in [-0.2, 0) is 4.74 Å². The number of thiophene rings is 1. The van der Waals surface area contributed by atoms with Gasteiger partial charge in [-0.1, -0.05) is 35.3 Å². The van der Waals surface area contributed by atoms with Crippen LogP contribution in [0, 0.1) is 0 Å². The molecule has 1 N–H and O–H groups in total. The van der Waals surface area contributed by atoms with Crippen LogP contribution >= 0.6 is 34.5 Å². The van der Waals surface area contributed by atoms with E-state index in [1.807, 2.05) is 0 Å². The summed E-state index contributed by atoms with van der Waals surface area (Å²) in [7, 11) is 1.47. The Morgan fingerprint density at radius 2 is 1.76 bits per heavy atom. The topological polar surface area (TPSA) is 64.6 Å². The molecule has 0 radical (unpaired) electrons. The maximum Gasteiger partial charge on any atom is 0.341 e. The van der Waals surface area contributed by atoms with E-state index in [1.165, 1.54) is 24.5 Å². The largest absolute Gasteiger partial charge is 0.496 e. The number of rotatable bonds is 6. The van der Waals surface area contributed by atoms with Gasteiger partial charge in [0, 0.05) is 21.0 Å². The Balaban J connectivity index is 2.01. The lowest BCUT2D eigenvalue weighted by Gasteiger charge is -2.11. The molecule has 0 aliphatic heterocycles. The Morgan fingerprint density at radius 1 is 1.07 bits per heavy atom. The van der Waals surface area contributed by atoms with Gasteiger partial charge < -0.3 is 14.8 Å². The van der Waals surface area contributed by atoms with Crippen LogP contribution in [0.1, 0.15) is 27.6 Å². The van der Waals surface area contributed by atoms with Gasteiger partial charge in [-0.15, -0.1) is 11.3 Å². The van der Waals surface area contributed by atoms with E-state index in [0.29, 0.717) is 26.4 Å². The summed E-state index contributed by atoms with van der Waals surface area (Å²) >= 11 is 13.2. The molecule has 0 saturated heterocycles. The van der Waals surface area contributed by atoms with Crippen molar-refractivity contribution in [3.63, 3.8) is 0 Å². The average molecular weight is 450 g/mol. The second-order valence-corrected chi connectivity index (χ2v) is 7.63. The standard InChI is InChI=1S/C21H17Cl2NO4S/c1-3-28-21(26)18-16(12-4-6-13(22)7-5-12)11-29-20(18)24-19(25)15-10-14(23)8-9-17(15)27-2/h4-11H,3H2,1-2H3,(H,24,25). The Morgan fingerprint density at radius 3 is 2.41 bits per heavy atom. The van der Waals surface area contributed by atoms with Gasteiger partial charge in [-0.25, -0.2) is 4.79 Å². The third-order valence-electron chi connectivity index (χ3n) is 4.06. The molecule has 0 fully saturated rings. The summed E-state index contributed by atoms with van der Waals surface area (Å²) in [6.07, 6.45) is 0. The van der Waals surface area contributed by atoms with E-state index in [0.717, 1.165) is 5.56 Å². The van der Waals surface area contributed by atoms with Gasteiger partial charge in [-0.05, 0) is 42.8 Å². The third kappa shape index (κ3) is 4.72. The summed E-state index contributed by atoms with van der Waals surface area (Å²) in [5.74, 6) is -0.592. The molecule has 0 aliphatic carbocycles. The van der Waals surface area contributed by atoms with Gasteiger partial charge in [-0.3, -0.25) is 4.79 Å². The number of hydrogen-bond donors (Lipinski definition) is 1. The summed E-state index contributed by atoms with van der Waals surface area (Å²) < 4.78 is 10.4. The Bertz CT molecular complexity index is 1050. The Kier molecular flexibility index (Phi) is 6.79. The fourth-order valence-electron chi connectivity index (χ4n) is 2.73. The molecule has 0 saturated carbocycles. The molecule has 2 aromatic carbocycles. The predicted molar refractivity (Wildman–Crippen MR) is 117 cm³/mol. The lowest BCUT2D eigenvalue weighted by Crippen LogP contribution is -2.15. The first-order chi connectivity index (χ1) is 13.9.